The number of hydrogen-bond acceptors (Lipinski definition) is 4. The first-order valence-corrected chi connectivity index (χ1v) is 10.8. The highest BCUT2D eigenvalue weighted by Gasteiger charge is 2.36. The Kier molecular flexibility index (Phi) is 9.02. The molecule has 0 aromatic heterocycles. The fourth-order valence-electron chi connectivity index (χ4n) is 4.91. The van der Waals surface area contributed by atoms with Gasteiger partial charge in [0, 0.05) is 39.3 Å². The van der Waals surface area contributed by atoms with Crippen molar-refractivity contribution in [1.29, 1.82) is 0 Å². The van der Waals surface area contributed by atoms with Gasteiger partial charge in [0.25, 0.3) is 0 Å². The molecule has 3 heterocycles. The second-order valence-corrected chi connectivity index (χ2v) is 8.16. The van der Waals surface area contributed by atoms with E-state index in [0.717, 1.165) is 38.1 Å². The SMILES string of the molecule is CN=C(NCC1COCCO1)N1CCC2C(CCCN2Cc2ccccc2)C1.I. The van der Waals surface area contributed by atoms with Crippen molar-refractivity contribution >= 4 is 29.9 Å². The number of rotatable bonds is 4. The number of hydrogen-bond donors (Lipinski definition) is 1. The van der Waals surface area contributed by atoms with Gasteiger partial charge in [0.05, 0.1) is 25.9 Å². The largest absolute Gasteiger partial charge is 0.376 e. The Hall–Kier alpha value is -0.900. The van der Waals surface area contributed by atoms with Crippen LogP contribution in [0.15, 0.2) is 35.3 Å². The van der Waals surface area contributed by atoms with Crippen molar-refractivity contribution in [3.8, 4) is 0 Å². The van der Waals surface area contributed by atoms with Gasteiger partial charge in [-0.15, -0.1) is 24.0 Å². The number of guanidine groups is 1. The summed E-state index contributed by atoms with van der Waals surface area (Å²) in [6.45, 7) is 7.29. The Labute approximate surface area is 192 Å². The Balaban J connectivity index is 0.00000240. The third-order valence-corrected chi connectivity index (χ3v) is 6.30. The summed E-state index contributed by atoms with van der Waals surface area (Å²) in [5.74, 6) is 1.73. The Bertz CT molecular complexity index is 639. The maximum absolute atomic E-state index is 5.75. The third kappa shape index (κ3) is 6.06. The molecule has 3 atom stereocenters. The fourth-order valence-corrected chi connectivity index (χ4v) is 4.91. The summed E-state index contributed by atoms with van der Waals surface area (Å²) in [4.78, 5) is 9.70. The highest BCUT2D eigenvalue weighted by atomic mass is 127. The summed E-state index contributed by atoms with van der Waals surface area (Å²) >= 11 is 0. The van der Waals surface area contributed by atoms with Gasteiger partial charge < -0.3 is 19.7 Å². The van der Waals surface area contributed by atoms with Crippen LogP contribution >= 0.6 is 24.0 Å². The van der Waals surface area contributed by atoms with Gasteiger partial charge in [0.1, 0.15) is 0 Å². The molecule has 29 heavy (non-hydrogen) atoms. The zero-order valence-electron chi connectivity index (χ0n) is 17.5. The van der Waals surface area contributed by atoms with Crippen molar-refractivity contribution in [2.24, 2.45) is 10.9 Å². The first-order valence-electron chi connectivity index (χ1n) is 10.8. The maximum atomic E-state index is 5.75. The number of halogens is 1. The molecule has 1 N–H and O–H groups in total. The quantitative estimate of drug-likeness (QED) is 0.381. The summed E-state index contributed by atoms with van der Waals surface area (Å²) in [5, 5.41) is 3.51. The molecule has 4 rings (SSSR count). The number of ether oxygens (including phenoxy) is 2. The van der Waals surface area contributed by atoms with E-state index in [9.17, 15) is 0 Å². The van der Waals surface area contributed by atoms with E-state index in [1.807, 2.05) is 7.05 Å². The van der Waals surface area contributed by atoms with Gasteiger partial charge >= 0.3 is 0 Å². The van der Waals surface area contributed by atoms with E-state index in [4.69, 9.17) is 9.47 Å². The molecule has 3 aliphatic heterocycles. The third-order valence-electron chi connectivity index (χ3n) is 6.30. The van der Waals surface area contributed by atoms with Crippen LogP contribution in [0, 0.1) is 5.92 Å². The second-order valence-electron chi connectivity index (χ2n) is 8.16. The van der Waals surface area contributed by atoms with Crippen molar-refractivity contribution in [2.75, 3.05) is 53.0 Å². The van der Waals surface area contributed by atoms with E-state index in [0.29, 0.717) is 25.9 Å². The molecule has 0 bridgehead atoms. The predicted molar refractivity (Wildman–Crippen MR) is 127 cm³/mol. The van der Waals surface area contributed by atoms with Gasteiger partial charge in [-0.05, 0) is 37.3 Å². The minimum atomic E-state index is 0. The summed E-state index contributed by atoms with van der Waals surface area (Å²) < 4.78 is 11.2. The molecule has 1 aromatic carbocycles. The molecular weight excluding hydrogens is 479 g/mol. The van der Waals surface area contributed by atoms with Crippen LogP contribution in [-0.4, -0.2) is 81.0 Å². The predicted octanol–water partition coefficient (Wildman–Crippen LogP) is 2.58. The molecule has 0 radical (unpaired) electrons. The van der Waals surface area contributed by atoms with Crippen molar-refractivity contribution in [1.82, 2.24) is 15.1 Å². The lowest BCUT2D eigenvalue weighted by molar-refractivity contribution is -0.0852. The van der Waals surface area contributed by atoms with Gasteiger partial charge in [-0.2, -0.15) is 0 Å². The van der Waals surface area contributed by atoms with E-state index in [1.165, 1.54) is 31.4 Å². The molecule has 3 unspecified atom stereocenters. The van der Waals surface area contributed by atoms with Crippen molar-refractivity contribution in [3.05, 3.63) is 35.9 Å². The number of benzene rings is 1. The lowest BCUT2D eigenvalue weighted by Gasteiger charge is -2.48. The van der Waals surface area contributed by atoms with Crippen LogP contribution in [0.2, 0.25) is 0 Å². The fraction of sp³-hybridized carbons (Fsp3) is 0.682. The normalized spacial score (nSPS) is 28.4. The van der Waals surface area contributed by atoms with Gasteiger partial charge in [-0.1, -0.05) is 30.3 Å². The summed E-state index contributed by atoms with van der Waals surface area (Å²) in [7, 11) is 1.88. The monoisotopic (exact) mass is 514 g/mol. The van der Waals surface area contributed by atoms with Gasteiger partial charge in [0.15, 0.2) is 5.96 Å². The summed E-state index contributed by atoms with van der Waals surface area (Å²) in [5.41, 5.74) is 1.43. The number of fused-ring (bicyclic) bond motifs is 1. The summed E-state index contributed by atoms with van der Waals surface area (Å²) in [6, 6.07) is 11.6. The molecular formula is C22H35IN4O2. The van der Waals surface area contributed by atoms with Crippen LogP contribution in [0.3, 0.4) is 0 Å². The highest BCUT2D eigenvalue weighted by molar-refractivity contribution is 14.0. The maximum Gasteiger partial charge on any atom is 0.193 e. The smallest absolute Gasteiger partial charge is 0.193 e. The van der Waals surface area contributed by atoms with Gasteiger partial charge in [-0.25, -0.2) is 0 Å². The molecule has 0 aliphatic carbocycles. The molecule has 0 saturated carbocycles. The highest BCUT2D eigenvalue weighted by Crippen LogP contribution is 2.31. The van der Waals surface area contributed by atoms with Gasteiger partial charge in [-0.3, -0.25) is 9.89 Å². The number of nitrogens with one attached hydrogen (secondary N) is 1. The molecule has 6 nitrogen and oxygen atoms in total. The zero-order chi connectivity index (χ0) is 19.2. The summed E-state index contributed by atoms with van der Waals surface area (Å²) in [6.07, 6.45) is 3.95. The minimum absolute atomic E-state index is 0. The van der Waals surface area contributed by atoms with E-state index >= 15 is 0 Å². The zero-order valence-corrected chi connectivity index (χ0v) is 19.8. The first kappa shape index (κ1) is 22.8. The molecule has 0 amide bonds. The lowest BCUT2D eigenvalue weighted by Crippen LogP contribution is -2.57. The number of nitrogens with zero attached hydrogens (tertiary/aromatic N) is 3. The molecule has 3 aliphatic rings. The van der Waals surface area contributed by atoms with E-state index < -0.39 is 0 Å². The average Bonchev–Trinajstić information content (AvgIpc) is 2.76. The average molecular weight is 514 g/mol. The van der Waals surface area contributed by atoms with Crippen LogP contribution in [0.5, 0.6) is 0 Å². The van der Waals surface area contributed by atoms with Crippen LogP contribution < -0.4 is 5.32 Å². The molecule has 162 valence electrons. The van der Waals surface area contributed by atoms with Crippen LogP contribution in [0.25, 0.3) is 0 Å². The first-order chi connectivity index (χ1) is 13.8. The van der Waals surface area contributed by atoms with Crippen LogP contribution in [-0.2, 0) is 16.0 Å². The molecule has 0 spiro atoms. The molecule has 3 fully saturated rings. The standard InChI is InChI=1S/C22H34N4O2.HI/c1-23-22(24-14-20-17-27-12-13-28-20)26-11-9-21-19(16-26)8-5-10-25(21)15-18-6-3-2-4-7-18;/h2-4,6-7,19-21H,5,8-17H2,1H3,(H,23,24);1H. The number of piperidine rings is 2. The Morgan fingerprint density at radius 1 is 1.17 bits per heavy atom. The Morgan fingerprint density at radius 3 is 2.79 bits per heavy atom. The number of aliphatic imine (C=N–C) groups is 1. The van der Waals surface area contributed by atoms with Crippen molar-refractivity contribution < 1.29 is 9.47 Å². The van der Waals surface area contributed by atoms with E-state index in [2.05, 4.69) is 50.4 Å². The van der Waals surface area contributed by atoms with E-state index in [-0.39, 0.29) is 30.1 Å². The Morgan fingerprint density at radius 2 is 2.03 bits per heavy atom. The van der Waals surface area contributed by atoms with Gasteiger partial charge in [0.2, 0.25) is 0 Å². The van der Waals surface area contributed by atoms with E-state index in [1.54, 1.807) is 0 Å². The van der Waals surface area contributed by atoms with Crippen LogP contribution in [0.1, 0.15) is 24.8 Å². The molecule has 1 aromatic rings. The topological polar surface area (TPSA) is 49.3 Å². The van der Waals surface area contributed by atoms with Crippen molar-refractivity contribution in [3.63, 3.8) is 0 Å². The van der Waals surface area contributed by atoms with Crippen molar-refractivity contribution in [2.45, 2.75) is 38.0 Å². The van der Waals surface area contributed by atoms with Crippen LogP contribution in [0.4, 0.5) is 0 Å². The molecule has 3 saturated heterocycles. The number of likely N-dealkylation sites (tertiary alicyclic amines) is 2. The lowest BCUT2D eigenvalue weighted by atomic mass is 9.83. The second kappa shape index (κ2) is 11.5. The minimum Gasteiger partial charge on any atom is -0.376 e. The molecule has 7 heteroatoms.